The van der Waals surface area contributed by atoms with E-state index in [9.17, 15) is 17.6 Å². The molecule has 1 atom stereocenters. The number of sulfonamides is 1. The molecule has 0 aliphatic carbocycles. The second-order valence-electron chi connectivity index (χ2n) is 4.11. The average Bonchev–Trinajstić information content (AvgIpc) is 2.41. The van der Waals surface area contributed by atoms with Crippen molar-refractivity contribution in [1.82, 2.24) is 0 Å². The predicted octanol–water partition coefficient (Wildman–Crippen LogP) is -0.173. The summed E-state index contributed by atoms with van der Waals surface area (Å²) in [4.78, 5) is 11.4. The summed E-state index contributed by atoms with van der Waals surface area (Å²) >= 11 is 0. The van der Waals surface area contributed by atoms with Gasteiger partial charge in [-0.25, -0.2) is 17.9 Å². The Kier molecular flexibility index (Phi) is 4.33. The molecule has 2 rings (SSSR count). The minimum atomic E-state index is -3.99. The molecule has 1 heterocycles. The predicted molar refractivity (Wildman–Crippen MR) is 67.0 cm³/mol. The van der Waals surface area contributed by atoms with E-state index < -0.39 is 27.9 Å². The highest BCUT2D eigenvalue weighted by Crippen LogP contribution is 2.18. The first kappa shape index (κ1) is 14.9. The van der Waals surface area contributed by atoms with E-state index >= 15 is 0 Å². The van der Waals surface area contributed by atoms with Crippen molar-refractivity contribution in [3.05, 3.63) is 24.0 Å². The lowest BCUT2D eigenvalue weighted by atomic mass is 10.2. The Labute approximate surface area is 114 Å². The Morgan fingerprint density at radius 2 is 2.15 bits per heavy atom. The maximum absolute atomic E-state index is 13.7. The first-order valence-electron chi connectivity index (χ1n) is 5.70. The van der Waals surface area contributed by atoms with Crippen LogP contribution in [0.4, 0.5) is 10.1 Å². The van der Waals surface area contributed by atoms with Crippen LogP contribution in [0.1, 0.15) is 0 Å². The van der Waals surface area contributed by atoms with Gasteiger partial charge >= 0.3 is 0 Å². The highest BCUT2D eigenvalue weighted by Gasteiger charge is 2.23. The van der Waals surface area contributed by atoms with Crippen LogP contribution in [0, 0.1) is 5.82 Å². The van der Waals surface area contributed by atoms with E-state index in [1.165, 1.54) is 0 Å². The summed E-state index contributed by atoms with van der Waals surface area (Å²) in [6.07, 6.45) is -0.818. The van der Waals surface area contributed by atoms with Crippen LogP contribution in [-0.4, -0.2) is 40.2 Å². The summed E-state index contributed by atoms with van der Waals surface area (Å²) in [5.74, 6) is -1.46. The number of rotatable bonds is 3. The van der Waals surface area contributed by atoms with Gasteiger partial charge in [-0.05, 0) is 18.2 Å². The molecule has 0 aromatic heterocycles. The summed E-state index contributed by atoms with van der Waals surface area (Å²) in [6.45, 7) is 0.773. The quantitative estimate of drug-likeness (QED) is 0.806. The second kappa shape index (κ2) is 5.83. The number of nitrogens with two attached hydrogens (primary N) is 1. The number of nitrogens with one attached hydrogen (secondary N) is 1. The molecule has 1 fully saturated rings. The van der Waals surface area contributed by atoms with Gasteiger partial charge in [-0.2, -0.15) is 0 Å². The first-order chi connectivity index (χ1) is 9.38. The number of halogens is 1. The third-order valence-corrected chi connectivity index (χ3v) is 3.55. The van der Waals surface area contributed by atoms with Crippen LogP contribution in [0.5, 0.6) is 0 Å². The van der Waals surface area contributed by atoms with Crippen LogP contribution >= 0.6 is 0 Å². The van der Waals surface area contributed by atoms with Gasteiger partial charge in [0.25, 0.3) is 5.91 Å². The van der Waals surface area contributed by atoms with Crippen molar-refractivity contribution in [2.75, 3.05) is 25.1 Å². The molecule has 1 aromatic carbocycles. The molecule has 0 saturated carbocycles. The summed E-state index contributed by atoms with van der Waals surface area (Å²) in [5, 5.41) is 7.18. The highest BCUT2D eigenvalue weighted by molar-refractivity contribution is 7.89. The zero-order valence-corrected chi connectivity index (χ0v) is 11.2. The molecular weight excluding hydrogens is 291 g/mol. The largest absolute Gasteiger partial charge is 0.376 e. The molecule has 0 radical (unpaired) electrons. The standard InChI is InChI=1S/C11H13FN2O5S/c12-8-5-7(20(13,16)17)1-2-9(8)14-11(15)10-6-18-3-4-19-10/h1-2,5,10H,3-4,6H2,(H,14,15)(H2,13,16,17). The molecule has 3 N–H and O–H groups in total. The third kappa shape index (κ3) is 3.51. The van der Waals surface area contributed by atoms with E-state index in [-0.39, 0.29) is 23.8 Å². The molecule has 110 valence electrons. The van der Waals surface area contributed by atoms with Gasteiger partial charge in [-0.15, -0.1) is 0 Å². The maximum Gasteiger partial charge on any atom is 0.255 e. The van der Waals surface area contributed by atoms with Gasteiger partial charge in [0.2, 0.25) is 10.0 Å². The Bertz CT molecular complexity index is 613. The third-order valence-electron chi connectivity index (χ3n) is 2.64. The molecule has 1 saturated heterocycles. The zero-order valence-electron chi connectivity index (χ0n) is 10.3. The van der Waals surface area contributed by atoms with Gasteiger partial charge in [0.15, 0.2) is 6.10 Å². The lowest BCUT2D eigenvalue weighted by Crippen LogP contribution is -2.39. The molecule has 1 unspecified atom stereocenters. The molecule has 1 amide bonds. The van der Waals surface area contributed by atoms with Crippen molar-refractivity contribution in [3.63, 3.8) is 0 Å². The van der Waals surface area contributed by atoms with Crippen molar-refractivity contribution < 1.29 is 27.1 Å². The Balaban J connectivity index is 2.11. The van der Waals surface area contributed by atoms with Crippen molar-refractivity contribution in [3.8, 4) is 0 Å². The molecule has 0 spiro atoms. The number of ether oxygens (including phenoxy) is 2. The van der Waals surface area contributed by atoms with E-state index in [1.54, 1.807) is 0 Å². The summed E-state index contributed by atoms with van der Waals surface area (Å²) in [7, 11) is -3.99. The number of carbonyl (C=O) groups is 1. The van der Waals surface area contributed by atoms with Crippen LogP contribution in [0.3, 0.4) is 0 Å². The first-order valence-corrected chi connectivity index (χ1v) is 7.25. The van der Waals surface area contributed by atoms with Crippen molar-refractivity contribution >= 4 is 21.6 Å². The number of hydrogen-bond acceptors (Lipinski definition) is 5. The lowest BCUT2D eigenvalue weighted by Gasteiger charge is -2.22. The van der Waals surface area contributed by atoms with Crippen LogP contribution in [0.25, 0.3) is 0 Å². The summed E-state index contributed by atoms with van der Waals surface area (Å²) in [6, 6.07) is 2.96. The smallest absolute Gasteiger partial charge is 0.255 e. The normalized spacial score (nSPS) is 19.6. The fourth-order valence-corrected chi connectivity index (χ4v) is 2.15. The van der Waals surface area contributed by atoms with Crippen LogP contribution in [0.15, 0.2) is 23.1 Å². The van der Waals surface area contributed by atoms with Crippen molar-refractivity contribution in [1.29, 1.82) is 0 Å². The Hall–Kier alpha value is -1.55. The molecule has 1 aromatic rings. The van der Waals surface area contributed by atoms with Crippen molar-refractivity contribution in [2.24, 2.45) is 5.14 Å². The zero-order chi connectivity index (χ0) is 14.8. The van der Waals surface area contributed by atoms with Gasteiger partial charge in [0, 0.05) is 0 Å². The molecule has 1 aliphatic heterocycles. The molecule has 0 bridgehead atoms. The molecular formula is C11H13FN2O5S. The Morgan fingerprint density at radius 1 is 1.40 bits per heavy atom. The van der Waals surface area contributed by atoms with E-state index in [1.807, 2.05) is 0 Å². The number of benzene rings is 1. The summed E-state index contributed by atoms with van der Waals surface area (Å²) in [5.41, 5.74) is -0.156. The van der Waals surface area contributed by atoms with E-state index in [4.69, 9.17) is 14.6 Å². The van der Waals surface area contributed by atoms with Gasteiger partial charge in [0.1, 0.15) is 5.82 Å². The lowest BCUT2D eigenvalue weighted by molar-refractivity contribution is -0.142. The number of primary sulfonamides is 1. The minimum absolute atomic E-state index is 0.0860. The number of carbonyl (C=O) groups excluding carboxylic acids is 1. The Morgan fingerprint density at radius 3 is 2.70 bits per heavy atom. The molecule has 20 heavy (non-hydrogen) atoms. The fraction of sp³-hybridized carbons (Fsp3) is 0.364. The second-order valence-corrected chi connectivity index (χ2v) is 5.67. The van der Waals surface area contributed by atoms with Crippen LogP contribution in [0.2, 0.25) is 0 Å². The van der Waals surface area contributed by atoms with E-state index in [0.29, 0.717) is 6.61 Å². The van der Waals surface area contributed by atoms with Gasteiger partial charge < -0.3 is 14.8 Å². The monoisotopic (exact) mass is 304 g/mol. The maximum atomic E-state index is 13.7. The highest BCUT2D eigenvalue weighted by atomic mass is 32.2. The SMILES string of the molecule is NS(=O)(=O)c1ccc(NC(=O)C2COCCO2)c(F)c1. The molecule has 7 nitrogen and oxygen atoms in total. The van der Waals surface area contributed by atoms with Gasteiger partial charge in [-0.1, -0.05) is 0 Å². The summed E-state index contributed by atoms with van der Waals surface area (Å²) < 4.78 is 46.0. The molecule has 1 aliphatic rings. The van der Waals surface area contributed by atoms with E-state index in [0.717, 1.165) is 18.2 Å². The van der Waals surface area contributed by atoms with Gasteiger partial charge in [0.05, 0.1) is 30.4 Å². The fourth-order valence-electron chi connectivity index (χ4n) is 1.63. The molecule has 9 heteroatoms. The van der Waals surface area contributed by atoms with E-state index in [2.05, 4.69) is 5.32 Å². The van der Waals surface area contributed by atoms with Crippen molar-refractivity contribution in [2.45, 2.75) is 11.0 Å². The number of hydrogen-bond donors (Lipinski definition) is 2. The number of amides is 1. The topological polar surface area (TPSA) is 108 Å². The van der Waals surface area contributed by atoms with Crippen LogP contribution < -0.4 is 10.5 Å². The van der Waals surface area contributed by atoms with Crippen LogP contribution in [-0.2, 0) is 24.3 Å². The van der Waals surface area contributed by atoms with Gasteiger partial charge in [-0.3, -0.25) is 4.79 Å². The minimum Gasteiger partial charge on any atom is -0.376 e. The average molecular weight is 304 g/mol. The number of anilines is 1.